The molecule has 322 valence electrons. The Bertz CT molecular complexity index is 2640. The Labute approximate surface area is 375 Å². The van der Waals surface area contributed by atoms with Gasteiger partial charge in [-0.2, -0.15) is 0 Å². The van der Waals surface area contributed by atoms with Gasteiger partial charge in [0.05, 0.1) is 11.2 Å². The lowest BCUT2D eigenvalue weighted by Crippen LogP contribution is -2.62. The van der Waals surface area contributed by atoms with Crippen LogP contribution in [0.2, 0.25) is 0 Å². The molecule has 6 nitrogen and oxygen atoms in total. The lowest BCUT2D eigenvalue weighted by molar-refractivity contribution is 0.575. The quantitative estimate of drug-likeness (QED) is 0.165. The molecule has 4 heterocycles. The van der Waals surface area contributed by atoms with Crippen molar-refractivity contribution in [2.45, 2.75) is 131 Å². The summed E-state index contributed by atoms with van der Waals surface area (Å²) >= 11 is 0. The van der Waals surface area contributed by atoms with Crippen molar-refractivity contribution in [2.24, 2.45) is 0 Å². The number of oxazole rings is 2. The van der Waals surface area contributed by atoms with E-state index in [1.165, 1.54) is 27.8 Å². The van der Waals surface area contributed by atoms with E-state index in [0.29, 0.717) is 23.5 Å². The number of fused-ring (bicyclic) bond motifs is 4. The molecule has 63 heavy (non-hydrogen) atoms. The third-order valence-electron chi connectivity index (χ3n) is 13.0. The minimum absolute atomic E-state index is 0.00219. The van der Waals surface area contributed by atoms with E-state index < -0.39 is 0 Å². The first-order chi connectivity index (χ1) is 29.4. The van der Waals surface area contributed by atoms with E-state index in [9.17, 15) is 0 Å². The fourth-order valence-corrected chi connectivity index (χ4v) is 8.89. The Balaban J connectivity index is 1.34. The number of nitrogens with zero attached hydrogens (tertiary/aromatic N) is 4. The SMILES string of the molecule is CC(C)(C)c1ccc(-c2nc3c(o2)N(c2ccc(C(C)(C)C)cc2)c2cc(C(C)(C)C)cc4c2B3c2nc(-c3ccc(C(C)(C)C)cc3)oc2N4c2ccc(C(C)(C)C)cc2)cc1. The first-order valence-corrected chi connectivity index (χ1v) is 22.6. The molecule has 0 amide bonds. The maximum atomic E-state index is 7.11. The van der Waals surface area contributed by atoms with Crippen LogP contribution >= 0.6 is 0 Å². The summed E-state index contributed by atoms with van der Waals surface area (Å²) in [6.45, 7) is 33.5. The third kappa shape index (κ3) is 7.51. The molecule has 0 unspecified atom stereocenters. The summed E-state index contributed by atoms with van der Waals surface area (Å²) in [4.78, 5) is 15.6. The Morgan fingerprint density at radius 3 is 0.952 bits per heavy atom. The first kappa shape index (κ1) is 42.5. The van der Waals surface area contributed by atoms with Crippen molar-refractivity contribution in [1.82, 2.24) is 9.97 Å². The average Bonchev–Trinajstić information content (AvgIpc) is 3.85. The van der Waals surface area contributed by atoms with Crippen LogP contribution in [-0.2, 0) is 27.1 Å². The first-order valence-electron chi connectivity index (χ1n) is 22.6. The monoisotopic (exact) mass is 835 g/mol. The second-order valence-electron chi connectivity index (χ2n) is 22.9. The maximum Gasteiger partial charge on any atom is 0.307 e. The number of benzene rings is 5. The zero-order valence-corrected chi connectivity index (χ0v) is 40.1. The van der Waals surface area contributed by atoms with Crippen molar-refractivity contribution in [3.8, 4) is 22.9 Å². The summed E-state index contributed by atoms with van der Waals surface area (Å²) in [6, 6.07) is 40.0. The van der Waals surface area contributed by atoms with Gasteiger partial charge in [0.2, 0.25) is 23.5 Å². The Morgan fingerprint density at radius 1 is 0.381 bits per heavy atom. The molecule has 7 heteroatoms. The molecule has 9 rings (SSSR count). The van der Waals surface area contributed by atoms with E-state index >= 15 is 0 Å². The highest BCUT2D eigenvalue weighted by Crippen LogP contribution is 2.48. The van der Waals surface area contributed by atoms with Crippen molar-refractivity contribution in [3.63, 3.8) is 0 Å². The summed E-state index contributed by atoms with van der Waals surface area (Å²) in [5, 5.41) is 0. The smallest absolute Gasteiger partial charge is 0.307 e. The van der Waals surface area contributed by atoms with Gasteiger partial charge in [-0.05, 0) is 121 Å². The van der Waals surface area contributed by atoms with Crippen LogP contribution in [0, 0.1) is 0 Å². The highest BCUT2D eigenvalue weighted by molar-refractivity contribution is 6.99. The summed E-state index contributed by atoms with van der Waals surface area (Å²) in [7, 11) is 0. The number of rotatable bonds is 4. The molecule has 2 aromatic heterocycles. The third-order valence-corrected chi connectivity index (χ3v) is 13.0. The minimum atomic E-state index is -0.373. The van der Waals surface area contributed by atoms with E-state index in [1.54, 1.807) is 0 Å². The van der Waals surface area contributed by atoms with Gasteiger partial charge in [-0.15, -0.1) is 0 Å². The van der Waals surface area contributed by atoms with Crippen molar-refractivity contribution in [1.29, 1.82) is 0 Å². The molecule has 5 aromatic carbocycles. The van der Waals surface area contributed by atoms with Crippen molar-refractivity contribution < 1.29 is 8.83 Å². The van der Waals surface area contributed by atoms with Crippen LogP contribution < -0.4 is 26.4 Å². The van der Waals surface area contributed by atoms with Crippen LogP contribution in [0.1, 0.15) is 132 Å². The summed E-state index contributed by atoms with van der Waals surface area (Å²) in [5.41, 5.74) is 14.8. The van der Waals surface area contributed by atoms with Crippen molar-refractivity contribution >= 4 is 57.9 Å². The molecule has 0 saturated heterocycles. The van der Waals surface area contributed by atoms with Crippen LogP contribution in [-0.4, -0.2) is 16.7 Å². The normalized spacial score (nSPS) is 14.2. The zero-order chi connectivity index (χ0) is 45.2. The molecule has 0 spiro atoms. The van der Waals surface area contributed by atoms with Gasteiger partial charge in [-0.25, -0.2) is 9.97 Å². The molecule has 0 N–H and O–H groups in total. The fraction of sp³-hybridized carbons (Fsp3) is 0.357. The number of aromatic nitrogens is 2. The predicted molar refractivity (Wildman–Crippen MR) is 265 cm³/mol. The molecular weight excluding hydrogens is 771 g/mol. The summed E-state index contributed by atoms with van der Waals surface area (Å²) in [5.74, 6) is 2.53. The lowest BCUT2D eigenvalue weighted by Gasteiger charge is -2.40. The van der Waals surface area contributed by atoms with Crippen LogP contribution in [0.15, 0.2) is 118 Å². The fourth-order valence-electron chi connectivity index (χ4n) is 8.89. The Hall–Kier alpha value is -5.82. The molecule has 0 saturated carbocycles. The Morgan fingerprint density at radius 2 is 0.667 bits per heavy atom. The number of hydrogen-bond acceptors (Lipinski definition) is 6. The van der Waals surface area contributed by atoms with Gasteiger partial charge in [-0.1, -0.05) is 152 Å². The zero-order valence-electron chi connectivity index (χ0n) is 40.1. The molecule has 7 aromatic rings. The van der Waals surface area contributed by atoms with Gasteiger partial charge >= 0.3 is 6.71 Å². The molecule has 2 aliphatic rings. The van der Waals surface area contributed by atoms with Gasteiger partial charge in [0.15, 0.2) is 0 Å². The largest absolute Gasteiger partial charge is 0.420 e. The van der Waals surface area contributed by atoms with Gasteiger partial charge in [-0.3, -0.25) is 9.80 Å². The van der Waals surface area contributed by atoms with E-state index in [-0.39, 0.29) is 33.8 Å². The van der Waals surface area contributed by atoms with Gasteiger partial charge < -0.3 is 8.83 Å². The topological polar surface area (TPSA) is 58.5 Å². The molecule has 0 fully saturated rings. The Kier molecular flexibility index (Phi) is 9.68. The molecule has 0 atom stereocenters. The van der Waals surface area contributed by atoms with Crippen molar-refractivity contribution in [3.05, 3.63) is 137 Å². The molecule has 0 radical (unpaired) electrons. The second-order valence-corrected chi connectivity index (χ2v) is 22.9. The van der Waals surface area contributed by atoms with E-state index in [1.807, 2.05) is 0 Å². The maximum absolute atomic E-state index is 7.11. The minimum Gasteiger partial charge on any atom is -0.420 e. The summed E-state index contributed by atoms with van der Waals surface area (Å²) in [6.07, 6.45) is 0. The van der Waals surface area contributed by atoms with Gasteiger partial charge in [0, 0.05) is 33.9 Å². The molecular formula is C56H63BN4O2. The highest BCUT2D eigenvalue weighted by atomic mass is 16.4. The average molecular weight is 835 g/mol. The van der Waals surface area contributed by atoms with Crippen LogP contribution in [0.25, 0.3) is 22.9 Å². The van der Waals surface area contributed by atoms with Crippen LogP contribution in [0.5, 0.6) is 0 Å². The lowest BCUT2D eigenvalue weighted by atomic mass is 9.37. The highest BCUT2D eigenvalue weighted by Gasteiger charge is 2.50. The standard InChI is InChI=1S/C56H63BN4O2/c1-52(2,3)36-20-16-34(17-21-36)48-58-46-50(62-48)60(41-28-24-38(25-29-41)54(7,8)9)43-32-40(56(13,14)15)33-44-45(43)57(46)47-51(61(44)42-30-26-39(27-31-42)55(10,11)12)63-49(59-47)35-18-22-37(23-19-35)53(4,5)6/h16-33H,1-15H3. The predicted octanol–water partition coefficient (Wildman–Crippen LogP) is 13.6. The number of anilines is 6. The molecule has 0 bridgehead atoms. The van der Waals surface area contributed by atoms with E-state index in [2.05, 4.69) is 223 Å². The van der Waals surface area contributed by atoms with Gasteiger partial charge in [0.25, 0.3) is 0 Å². The van der Waals surface area contributed by atoms with E-state index in [4.69, 9.17) is 18.8 Å². The van der Waals surface area contributed by atoms with Crippen LogP contribution in [0.3, 0.4) is 0 Å². The van der Waals surface area contributed by atoms with Crippen LogP contribution in [0.4, 0.5) is 34.5 Å². The van der Waals surface area contributed by atoms with E-state index in [0.717, 1.165) is 50.5 Å². The number of hydrogen-bond donors (Lipinski definition) is 0. The molecule has 2 aliphatic heterocycles. The second kappa shape index (κ2) is 14.4. The summed E-state index contributed by atoms with van der Waals surface area (Å²) < 4.78 is 14.2. The molecule has 0 aliphatic carbocycles. The van der Waals surface area contributed by atoms with Crippen molar-refractivity contribution in [2.75, 3.05) is 9.80 Å². The van der Waals surface area contributed by atoms with Gasteiger partial charge in [0.1, 0.15) is 0 Å².